The largest absolute Gasteiger partial charge is 0.318 e. The van der Waals surface area contributed by atoms with Crippen molar-refractivity contribution in [3.05, 3.63) is 11.8 Å². The fraction of sp³-hybridized carbons (Fsp3) is 0.667. The van der Waals surface area contributed by atoms with Gasteiger partial charge in [-0.05, 0) is 12.5 Å². The molecule has 10 heavy (non-hydrogen) atoms. The van der Waals surface area contributed by atoms with Gasteiger partial charge in [-0.3, -0.25) is 0 Å². The number of alkyl halides is 2. The van der Waals surface area contributed by atoms with Crippen LogP contribution in [0.1, 0.15) is 6.92 Å². The number of hydrazine groups is 1. The Labute approximate surface area is 58.5 Å². The first-order chi connectivity index (χ1) is 4.61. The Balaban J connectivity index is 2.59. The third kappa shape index (κ3) is 1.26. The molecule has 0 radical (unpaired) electrons. The first kappa shape index (κ1) is 7.47. The summed E-state index contributed by atoms with van der Waals surface area (Å²) >= 11 is 0. The van der Waals surface area contributed by atoms with Crippen molar-refractivity contribution in [1.82, 2.24) is 10.4 Å². The van der Waals surface area contributed by atoms with E-state index in [2.05, 4.69) is 5.43 Å². The third-order valence-electron chi connectivity index (χ3n) is 1.48. The molecule has 1 aliphatic rings. The first-order valence-electron chi connectivity index (χ1n) is 3.06. The lowest BCUT2D eigenvalue weighted by molar-refractivity contribution is 0.0966. The molecule has 0 aromatic rings. The highest BCUT2D eigenvalue weighted by atomic mass is 19.3. The smallest absolute Gasteiger partial charge is 0.259 e. The highest BCUT2D eigenvalue weighted by molar-refractivity contribution is 5.12. The van der Waals surface area contributed by atoms with Crippen LogP contribution < -0.4 is 5.43 Å². The zero-order valence-electron chi connectivity index (χ0n) is 5.94. The minimum atomic E-state index is -2.32. The Bertz CT molecular complexity index is 156. The van der Waals surface area contributed by atoms with Crippen molar-refractivity contribution in [3.63, 3.8) is 0 Å². The summed E-state index contributed by atoms with van der Waals surface area (Å²) in [5.74, 6) is 0. The molecular weight excluding hydrogens is 138 g/mol. The van der Waals surface area contributed by atoms with Crippen molar-refractivity contribution < 1.29 is 8.78 Å². The molecule has 1 aliphatic heterocycles. The summed E-state index contributed by atoms with van der Waals surface area (Å²) in [6, 6.07) is -0.787. The molecule has 1 N–H and O–H groups in total. The van der Waals surface area contributed by atoms with Crippen LogP contribution in [0.5, 0.6) is 0 Å². The molecule has 1 rings (SSSR count). The molecule has 0 aliphatic carbocycles. The van der Waals surface area contributed by atoms with E-state index in [1.807, 2.05) is 0 Å². The van der Waals surface area contributed by atoms with Gasteiger partial charge in [-0.25, -0.2) is 14.2 Å². The monoisotopic (exact) mass is 148 g/mol. The van der Waals surface area contributed by atoms with Crippen LogP contribution in [0.2, 0.25) is 0 Å². The van der Waals surface area contributed by atoms with Gasteiger partial charge < -0.3 is 5.01 Å². The van der Waals surface area contributed by atoms with Gasteiger partial charge in [-0.2, -0.15) is 0 Å². The van der Waals surface area contributed by atoms with E-state index in [1.54, 1.807) is 25.2 Å². The molecular formula is C6H10F2N2. The Kier molecular flexibility index (Phi) is 1.89. The Morgan fingerprint density at radius 2 is 2.30 bits per heavy atom. The van der Waals surface area contributed by atoms with Crippen LogP contribution in [-0.4, -0.2) is 24.5 Å². The minimum absolute atomic E-state index is 0.678. The van der Waals surface area contributed by atoms with Crippen LogP contribution >= 0.6 is 0 Å². The van der Waals surface area contributed by atoms with E-state index >= 15 is 0 Å². The van der Waals surface area contributed by atoms with Crippen molar-refractivity contribution >= 4 is 0 Å². The average molecular weight is 148 g/mol. The van der Waals surface area contributed by atoms with Gasteiger partial charge in [0.05, 0.1) is 0 Å². The summed E-state index contributed by atoms with van der Waals surface area (Å²) in [5, 5.41) is 1.55. The predicted molar refractivity (Wildman–Crippen MR) is 34.4 cm³/mol. The molecule has 1 heterocycles. The van der Waals surface area contributed by atoms with Gasteiger partial charge in [0.1, 0.15) is 6.04 Å². The zero-order valence-corrected chi connectivity index (χ0v) is 5.94. The maximum Gasteiger partial charge on any atom is 0.259 e. The van der Waals surface area contributed by atoms with Gasteiger partial charge in [0, 0.05) is 13.2 Å². The van der Waals surface area contributed by atoms with Crippen molar-refractivity contribution in [1.29, 1.82) is 0 Å². The molecule has 0 aromatic carbocycles. The normalized spacial score (nSPS) is 25.9. The van der Waals surface area contributed by atoms with E-state index in [0.29, 0.717) is 5.57 Å². The molecule has 58 valence electrons. The second-order valence-corrected chi connectivity index (χ2v) is 2.43. The number of nitrogens with one attached hydrogen (secondary N) is 1. The fourth-order valence-corrected chi connectivity index (χ4v) is 0.999. The SMILES string of the molecule is CC1=CN(C)NC1C(F)F. The van der Waals surface area contributed by atoms with Gasteiger partial charge in [-0.15, -0.1) is 0 Å². The van der Waals surface area contributed by atoms with E-state index < -0.39 is 12.5 Å². The summed E-state index contributed by atoms with van der Waals surface area (Å²) in [6.45, 7) is 1.69. The summed E-state index contributed by atoms with van der Waals surface area (Å²) < 4.78 is 24.1. The topological polar surface area (TPSA) is 15.3 Å². The second kappa shape index (κ2) is 2.54. The molecule has 0 amide bonds. The highest BCUT2D eigenvalue weighted by Gasteiger charge is 2.26. The third-order valence-corrected chi connectivity index (χ3v) is 1.48. The quantitative estimate of drug-likeness (QED) is 0.596. The lowest BCUT2D eigenvalue weighted by atomic mass is 10.2. The van der Waals surface area contributed by atoms with Crippen LogP contribution in [0.4, 0.5) is 8.78 Å². The highest BCUT2D eigenvalue weighted by Crippen LogP contribution is 2.16. The van der Waals surface area contributed by atoms with Crippen LogP contribution in [0, 0.1) is 0 Å². The summed E-state index contributed by atoms with van der Waals surface area (Å²) in [7, 11) is 1.70. The van der Waals surface area contributed by atoms with E-state index in [4.69, 9.17) is 0 Å². The molecule has 0 spiro atoms. The lowest BCUT2D eigenvalue weighted by Gasteiger charge is -2.14. The molecule has 0 saturated heterocycles. The number of halogens is 2. The average Bonchev–Trinajstić information content (AvgIpc) is 2.10. The van der Waals surface area contributed by atoms with Gasteiger partial charge in [0.25, 0.3) is 6.43 Å². The Morgan fingerprint density at radius 3 is 2.50 bits per heavy atom. The van der Waals surface area contributed by atoms with Crippen molar-refractivity contribution in [3.8, 4) is 0 Å². The van der Waals surface area contributed by atoms with Crippen LogP contribution in [0.15, 0.2) is 11.8 Å². The standard InChI is InChI=1S/C6H10F2N2/c1-4-3-10(2)9-5(4)6(7)8/h3,5-6,9H,1-2H3. The van der Waals surface area contributed by atoms with Gasteiger partial charge in [-0.1, -0.05) is 0 Å². The predicted octanol–water partition coefficient (Wildman–Crippen LogP) is 0.974. The zero-order chi connectivity index (χ0) is 7.72. The number of rotatable bonds is 1. The maximum atomic E-state index is 12.0. The van der Waals surface area contributed by atoms with Crippen molar-refractivity contribution in [2.24, 2.45) is 0 Å². The Morgan fingerprint density at radius 1 is 1.70 bits per heavy atom. The van der Waals surface area contributed by atoms with Crippen molar-refractivity contribution in [2.75, 3.05) is 7.05 Å². The van der Waals surface area contributed by atoms with Gasteiger partial charge in [0.2, 0.25) is 0 Å². The summed E-state index contributed by atoms with van der Waals surface area (Å²) in [6.07, 6.45) is -0.655. The van der Waals surface area contributed by atoms with Crippen LogP contribution in [0.3, 0.4) is 0 Å². The minimum Gasteiger partial charge on any atom is -0.318 e. The summed E-state index contributed by atoms with van der Waals surface area (Å²) in [4.78, 5) is 0. The van der Waals surface area contributed by atoms with Gasteiger partial charge >= 0.3 is 0 Å². The Hall–Kier alpha value is -0.640. The molecule has 0 aromatic heterocycles. The van der Waals surface area contributed by atoms with Crippen LogP contribution in [-0.2, 0) is 0 Å². The van der Waals surface area contributed by atoms with E-state index in [9.17, 15) is 8.78 Å². The molecule has 1 atom stereocenters. The maximum absolute atomic E-state index is 12.0. The molecule has 1 unspecified atom stereocenters. The molecule has 2 nitrogen and oxygen atoms in total. The number of nitrogens with zero attached hydrogens (tertiary/aromatic N) is 1. The van der Waals surface area contributed by atoms with Crippen molar-refractivity contribution in [2.45, 2.75) is 19.4 Å². The summed E-state index contributed by atoms with van der Waals surface area (Å²) in [5.41, 5.74) is 3.27. The second-order valence-electron chi connectivity index (χ2n) is 2.43. The number of hydrogen-bond donors (Lipinski definition) is 1. The van der Waals surface area contributed by atoms with E-state index in [-0.39, 0.29) is 0 Å². The van der Waals surface area contributed by atoms with E-state index in [0.717, 1.165) is 0 Å². The van der Waals surface area contributed by atoms with E-state index in [1.165, 1.54) is 0 Å². The van der Waals surface area contributed by atoms with Crippen LogP contribution in [0.25, 0.3) is 0 Å². The van der Waals surface area contributed by atoms with Gasteiger partial charge in [0.15, 0.2) is 0 Å². The molecule has 0 saturated carbocycles. The lowest BCUT2D eigenvalue weighted by Crippen LogP contribution is -2.38. The first-order valence-corrected chi connectivity index (χ1v) is 3.06. The molecule has 0 fully saturated rings. The fourth-order valence-electron chi connectivity index (χ4n) is 0.999. The molecule has 0 bridgehead atoms. The number of hydrogen-bond acceptors (Lipinski definition) is 2. The molecule has 4 heteroatoms.